The molecule has 4 amide bonds. The van der Waals surface area contributed by atoms with Crippen LogP contribution in [0.3, 0.4) is 0 Å². The molecular weight excluding hydrogens is 695 g/mol. The molecule has 0 spiro atoms. The van der Waals surface area contributed by atoms with Crippen molar-refractivity contribution in [2.24, 2.45) is 0 Å². The van der Waals surface area contributed by atoms with E-state index >= 15 is 0 Å². The van der Waals surface area contributed by atoms with Crippen LogP contribution in [0.5, 0.6) is 0 Å². The monoisotopic (exact) mass is 735 g/mol. The number of fused-ring (bicyclic) bond motifs is 1. The first-order valence-corrected chi connectivity index (χ1v) is 18.6. The number of anilines is 1. The van der Waals surface area contributed by atoms with Gasteiger partial charge in [0.15, 0.2) is 0 Å². The molecule has 8 rings (SSSR count). The van der Waals surface area contributed by atoms with Gasteiger partial charge >= 0.3 is 6.09 Å². The average molecular weight is 736 g/mol. The molecule has 0 bridgehead atoms. The third kappa shape index (κ3) is 7.56. The molecule has 4 heterocycles. The molecule has 55 heavy (non-hydrogen) atoms. The van der Waals surface area contributed by atoms with Gasteiger partial charge in [-0.15, -0.1) is 0 Å². The van der Waals surface area contributed by atoms with Gasteiger partial charge in [-0.3, -0.25) is 14.4 Å². The van der Waals surface area contributed by atoms with Crippen LogP contribution in [0.1, 0.15) is 54.7 Å². The van der Waals surface area contributed by atoms with Gasteiger partial charge in [-0.05, 0) is 72.2 Å². The van der Waals surface area contributed by atoms with Crippen molar-refractivity contribution in [2.75, 3.05) is 18.4 Å². The Morgan fingerprint density at radius 3 is 2.22 bits per heavy atom. The fraction of sp³-hybridized carbons (Fsp3) is 0.233. The summed E-state index contributed by atoms with van der Waals surface area (Å²) < 4.78 is 0. The van der Waals surface area contributed by atoms with Crippen LogP contribution in [-0.4, -0.2) is 72.8 Å². The number of amides is 4. The van der Waals surface area contributed by atoms with Gasteiger partial charge in [-0.2, -0.15) is 0 Å². The van der Waals surface area contributed by atoms with Crippen molar-refractivity contribution in [1.29, 1.82) is 0 Å². The molecular formula is C43H41N7O5. The first kappa shape index (κ1) is 35.3. The molecule has 2 saturated heterocycles. The van der Waals surface area contributed by atoms with E-state index in [1.165, 1.54) is 4.90 Å². The zero-order valence-corrected chi connectivity index (χ0v) is 30.1. The van der Waals surface area contributed by atoms with E-state index in [0.717, 1.165) is 64.2 Å². The molecule has 12 nitrogen and oxygen atoms in total. The number of carbonyl (C=O) groups excluding carboxylic acids is 3. The summed E-state index contributed by atoms with van der Waals surface area (Å²) in [5.74, 6) is 0.138. The number of benzene rings is 4. The second-order valence-corrected chi connectivity index (χ2v) is 14.1. The Morgan fingerprint density at radius 2 is 1.47 bits per heavy atom. The maximum atomic E-state index is 13.6. The van der Waals surface area contributed by atoms with Crippen molar-refractivity contribution in [1.82, 2.24) is 30.1 Å². The number of imidazole rings is 1. The van der Waals surface area contributed by atoms with Gasteiger partial charge < -0.3 is 35.5 Å². The zero-order chi connectivity index (χ0) is 37.9. The lowest BCUT2D eigenvalue weighted by Gasteiger charge is -2.28. The molecule has 5 N–H and O–H groups in total. The second-order valence-electron chi connectivity index (χ2n) is 14.1. The van der Waals surface area contributed by atoms with E-state index in [9.17, 15) is 24.3 Å². The molecule has 6 aromatic rings. The Kier molecular flexibility index (Phi) is 9.86. The van der Waals surface area contributed by atoms with Gasteiger partial charge in [0.05, 0.1) is 24.4 Å². The van der Waals surface area contributed by atoms with E-state index in [-0.39, 0.29) is 17.9 Å². The van der Waals surface area contributed by atoms with E-state index in [1.54, 1.807) is 30.3 Å². The minimum Gasteiger partial charge on any atom is -0.465 e. The predicted octanol–water partition coefficient (Wildman–Crippen LogP) is 7.07. The van der Waals surface area contributed by atoms with Gasteiger partial charge in [-0.25, -0.2) is 9.78 Å². The Hall–Kier alpha value is -6.69. The first-order chi connectivity index (χ1) is 26.8. The minimum atomic E-state index is -1.31. The molecule has 278 valence electrons. The standard InChI is InChI=1S/C43H41N7O5/c51-38(23-27-9-3-1-4-10-27)49-21-7-13-36(49)40-44-26-35(47-40)29-17-15-28(16-18-29)34-25-31-24-32(19-20-33(31)46-34)45-41(52)37-14-8-22-50(37)42(53)39(48-43(54)55)30-11-5-2-6-12-30/h1-6,9-12,15-20,24-26,36-37,39,46,48H,7-8,13-14,21-23H2,(H,44,47)(H,45,52)(H,54,55)/t36-,37-,39?/m0/s1. The lowest BCUT2D eigenvalue weighted by atomic mass is 10.0. The van der Waals surface area contributed by atoms with Gasteiger partial charge in [0, 0.05) is 35.4 Å². The highest BCUT2D eigenvalue weighted by atomic mass is 16.4. The predicted molar refractivity (Wildman–Crippen MR) is 209 cm³/mol. The van der Waals surface area contributed by atoms with Crippen molar-refractivity contribution in [3.63, 3.8) is 0 Å². The van der Waals surface area contributed by atoms with Gasteiger partial charge in [0.2, 0.25) is 11.8 Å². The number of likely N-dealkylation sites (tertiary alicyclic amines) is 2. The van der Waals surface area contributed by atoms with E-state index < -0.39 is 24.1 Å². The van der Waals surface area contributed by atoms with Gasteiger partial charge in [-0.1, -0.05) is 84.9 Å². The number of carbonyl (C=O) groups is 4. The van der Waals surface area contributed by atoms with E-state index in [1.807, 2.05) is 90.0 Å². The van der Waals surface area contributed by atoms with Gasteiger partial charge in [0.25, 0.3) is 5.91 Å². The fourth-order valence-electron chi connectivity index (χ4n) is 7.82. The summed E-state index contributed by atoms with van der Waals surface area (Å²) in [4.78, 5) is 66.9. The van der Waals surface area contributed by atoms with E-state index in [0.29, 0.717) is 37.1 Å². The number of nitrogens with one attached hydrogen (secondary N) is 4. The minimum absolute atomic E-state index is 0.0713. The van der Waals surface area contributed by atoms with Crippen molar-refractivity contribution in [3.8, 4) is 22.5 Å². The van der Waals surface area contributed by atoms with Crippen LogP contribution in [0.4, 0.5) is 10.5 Å². The number of H-pyrrole nitrogens is 2. The maximum absolute atomic E-state index is 13.6. The Labute approximate surface area is 317 Å². The number of aromatic nitrogens is 3. The number of hydrogen-bond acceptors (Lipinski definition) is 5. The highest BCUT2D eigenvalue weighted by Gasteiger charge is 2.38. The quantitative estimate of drug-likeness (QED) is 0.101. The van der Waals surface area contributed by atoms with Gasteiger partial charge in [0.1, 0.15) is 17.9 Å². The molecule has 2 aliphatic heterocycles. The number of rotatable bonds is 10. The van der Waals surface area contributed by atoms with Crippen molar-refractivity contribution < 1.29 is 24.3 Å². The van der Waals surface area contributed by atoms with Crippen LogP contribution in [0, 0.1) is 0 Å². The summed E-state index contributed by atoms with van der Waals surface area (Å²) in [6.07, 6.45) is 3.82. The number of nitrogens with zero attached hydrogens (tertiary/aromatic N) is 3. The van der Waals surface area contributed by atoms with Crippen molar-refractivity contribution in [3.05, 3.63) is 132 Å². The lowest BCUT2D eigenvalue weighted by Crippen LogP contribution is -2.48. The average Bonchev–Trinajstić information content (AvgIpc) is 4.04. The SMILES string of the molecule is O=C(O)NC(C(=O)N1CCC[C@H]1C(=O)Nc1ccc2[nH]c(-c3ccc(-c4cnc([C@@H]5CCCN5C(=O)Cc5ccccc5)[nH]4)cc3)cc2c1)c1ccccc1. The van der Waals surface area contributed by atoms with Crippen LogP contribution in [0.15, 0.2) is 115 Å². The largest absolute Gasteiger partial charge is 0.465 e. The molecule has 12 heteroatoms. The normalized spacial score (nSPS) is 17.3. The Balaban J connectivity index is 0.925. The highest BCUT2D eigenvalue weighted by molar-refractivity contribution is 6.00. The molecule has 0 saturated carbocycles. The van der Waals surface area contributed by atoms with E-state index in [2.05, 4.69) is 20.6 Å². The molecule has 0 radical (unpaired) electrons. The van der Waals surface area contributed by atoms with E-state index in [4.69, 9.17) is 4.98 Å². The first-order valence-electron chi connectivity index (χ1n) is 18.6. The molecule has 1 unspecified atom stereocenters. The molecule has 3 atom stereocenters. The van der Waals surface area contributed by atoms with Crippen molar-refractivity contribution in [2.45, 2.75) is 50.2 Å². The molecule has 2 aliphatic rings. The molecule has 4 aromatic carbocycles. The zero-order valence-electron chi connectivity index (χ0n) is 30.1. The Bertz CT molecular complexity index is 2340. The number of carboxylic acid groups (broad SMARTS) is 1. The van der Waals surface area contributed by atoms with Crippen LogP contribution in [0.25, 0.3) is 33.4 Å². The molecule has 2 fully saturated rings. The van der Waals surface area contributed by atoms with Crippen LogP contribution in [0.2, 0.25) is 0 Å². The second kappa shape index (κ2) is 15.3. The summed E-state index contributed by atoms with van der Waals surface area (Å²) in [6.45, 7) is 1.08. The number of aromatic amines is 2. The third-order valence-electron chi connectivity index (χ3n) is 10.6. The summed E-state index contributed by atoms with van der Waals surface area (Å²) in [5, 5.41) is 15.7. The van der Waals surface area contributed by atoms with Crippen molar-refractivity contribution >= 4 is 40.4 Å². The molecule has 0 aliphatic carbocycles. The van der Waals surface area contributed by atoms with Crippen LogP contribution >= 0.6 is 0 Å². The van der Waals surface area contributed by atoms with Crippen LogP contribution < -0.4 is 10.6 Å². The molecule has 2 aromatic heterocycles. The number of hydrogen-bond donors (Lipinski definition) is 5. The fourth-order valence-corrected chi connectivity index (χ4v) is 7.82. The third-order valence-corrected chi connectivity index (χ3v) is 10.6. The summed E-state index contributed by atoms with van der Waals surface area (Å²) >= 11 is 0. The smallest absolute Gasteiger partial charge is 0.405 e. The highest BCUT2D eigenvalue weighted by Crippen LogP contribution is 2.33. The lowest BCUT2D eigenvalue weighted by molar-refractivity contribution is -0.138. The maximum Gasteiger partial charge on any atom is 0.405 e. The summed E-state index contributed by atoms with van der Waals surface area (Å²) in [6, 6.07) is 32.4. The van der Waals surface area contributed by atoms with Crippen LogP contribution in [-0.2, 0) is 20.8 Å². The Morgan fingerprint density at radius 1 is 0.782 bits per heavy atom. The topological polar surface area (TPSA) is 164 Å². The summed E-state index contributed by atoms with van der Waals surface area (Å²) in [7, 11) is 0. The summed E-state index contributed by atoms with van der Waals surface area (Å²) in [5.41, 5.74) is 6.79.